The molecular formula is C20H19ClN2O3S. The van der Waals surface area contributed by atoms with Gasteiger partial charge in [0.2, 0.25) is 0 Å². The predicted octanol–water partition coefficient (Wildman–Crippen LogP) is 4.94. The van der Waals surface area contributed by atoms with Crippen molar-refractivity contribution in [2.45, 2.75) is 19.9 Å². The highest BCUT2D eigenvalue weighted by atomic mass is 35.5. The highest BCUT2D eigenvalue weighted by Crippen LogP contribution is 2.37. The van der Waals surface area contributed by atoms with Crippen LogP contribution in [-0.2, 0) is 4.79 Å². The van der Waals surface area contributed by atoms with Crippen LogP contribution in [0.3, 0.4) is 0 Å². The van der Waals surface area contributed by atoms with Gasteiger partial charge < -0.3 is 9.84 Å². The average molecular weight is 403 g/mol. The average Bonchev–Trinajstić information content (AvgIpc) is 2.93. The molecule has 2 aromatic rings. The van der Waals surface area contributed by atoms with E-state index < -0.39 is 0 Å². The number of aromatic hydroxyl groups is 1. The van der Waals surface area contributed by atoms with Crippen molar-refractivity contribution >= 4 is 46.2 Å². The van der Waals surface area contributed by atoms with Gasteiger partial charge in [-0.25, -0.2) is 0 Å². The van der Waals surface area contributed by atoms with Crippen LogP contribution in [0, 0.1) is 0 Å². The van der Waals surface area contributed by atoms with Crippen LogP contribution >= 0.6 is 23.4 Å². The van der Waals surface area contributed by atoms with Crippen LogP contribution in [0.4, 0.5) is 5.69 Å². The number of nitrogens with zero attached hydrogens (tertiary/aromatic N) is 2. The number of phenolic OH excluding ortho intramolecular Hbond substituents is 1. The number of carbonyl (C=O) groups is 1. The molecule has 1 heterocycles. The number of ether oxygens (including phenoxy) is 1. The van der Waals surface area contributed by atoms with E-state index >= 15 is 0 Å². The molecule has 2 aromatic carbocycles. The Morgan fingerprint density at radius 1 is 1.22 bits per heavy atom. The number of thioether (sulfide) groups is 1. The third-order valence-corrected chi connectivity index (χ3v) is 5.06. The molecule has 0 unspecified atom stereocenters. The molecule has 1 aliphatic heterocycles. The first-order chi connectivity index (χ1) is 12.9. The van der Waals surface area contributed by atoms with Crippen LogP contribution in [0.15, 0.2) is 52.4 Å². The van der Waals surface area contributed by atoms with Crippen LogP contribution in [-0.4, -0.2) is 29.3 Å². The van der Waals surface area contributed by atoms with Gasteiger partial charge >= 0.3 is 0 Å². The molecule has 0 aliphatic carbocycles. The van der Waals surface area contributed by atoms with Crippen LogP contribution in [0.25, 0.3) is 6.08 Å². The summed E-state index contributed by atoms with van der Waals surface area (Å²) in [5, 5.41) is 10.4. The van der Waals surface area contributed by atoms with Crippen LogP contribution in [0.1, 0.15) is 19.4 Å². The fraction of sp³-hybridized carbons (Fsp3) is 0.200. The van der Waals surface area contributed by atoms with Gasteiger partial charge in [-0.2, -0.15) is 0 Å². The minimum absolute atomic E-state index is 0.00568. The van der Waals surface area contributed by atoms with Gasteiger partial charge in [0, 0.05) is 6.04 Å². The monoisotopic (exact) mass is 402 g/mol. The molecule has 1 N–H and O–H groups in total. The molecule has 0 aromatic heterocycles. The Hall–Kier alpha value is -2.44. The second-order valence-electron chi connectivity index (χ2n) is 6.17. The first-order valence-corrected chi connectivity index (χ1v) is 9.53. The number of hydrogen-bond acceptors (Lipinski definition) is 5. The topological polar surface area (TPSA) is 62.1 Å². The zero-order chi connectivity index (χ0) is 19.6. The fourth-order valence-electron chi connectivity index (χ4n) is 2.50. The molecule has 1 aliphatic rings. The summed E-state index contributed by atoms with van der Waals surface area (Å²) in [7, 11) is 1.60. The Kier molecular flexibility index (Phi) is 5.77. The second kappa shape index (κ2) is 8.06. The third kappa shape index (κ3) is 4.28. The number of hydrogen-bond donors (Lipinski definition) is 1. The van der Waals surface area contributed by atoms with E-state index in [1.165, 1.54) is 17.8 Å². The van der Waals surface area contributed by atoms with Crippen molar-refractivity contribution in [2.24, 2.45) is 4.99 Å². The highest BCUT2D eigenvalue weighted by Gasteiger charge is 2.34. The molecule has 3 rings (SSSR count). The largest absolute Gasteiger partial charge is 0.506 e. The van der Waals surface area contributed by atoms with Gasteiger partial charge in [0.25, 0.3) is 5.91 Å². The van der Waals surface area contributed by atoms with Gasteiger partial charge in [-0.3, -0.25) is 14.7 Å². The number of amidine groups is 1. The summed E-state index contributed by atoms with van der Waals surface area (Å²) in [5.41, 5.74) is 1.45. The first kappa shape index (κ1) is 19.3. The van der Waals surface area contributed by atoms with Gasteiger partial charge in [-0.15, -0.1) is 0 Å². The van der Waals surface area contributed by atoms with E-state index in [4.69, 9.17) is 16.3 Å². The van der Waals surface area contributed by atoms with Crippen LogP contribution in [0.5, 0.6) is 11.5 Å². The molecule has 0 atom stereocenters. The number of benzene rings is 2. The maximum atomic E-state index is 13.1. The van der Waals surface area contributed by atoms with Crippen molar-refractivity contribution in [1.29, 1.82) is 0 Å². The second-order valence-corrected chi connectivity index (χ2v) is 7.58. The van der Waals surface area contributed by atoms with E-state index in [2.05, 4.69) is 4.99 Å². The van der Waals surface area contributed by atoms with Crippen molar-refractivity contribution in [2.75, 3.05) is 12.0 Å². The van der Waals surface area contributed by atoms with Crippen LogP contribution < -0.4 is 9.64 Å². The van der Waals surface area contributed by atoms with E-state index in [1.54, 1.807) is 30.2 Å². The normalized spacial score (nSPS) is 17.4. The number of anilines is 1. The lowest BCUT2D eigenvalue weighted by molar-refractivity contribution is -0.113. The molecule has 0 saturated carbocycles. The van der Waals surface area contributed by atoms with Crippen molar-refractivity contribution in [3.63, 3.8) is 0 Å². The lowest BCUT2D eigenvalue weighted by Crippen LogP contribution is -2.29. The van der Waals surface area contributed by atoms with E-state index in [0.717, 1.165) is 17.0 Å². The predicted molar refractivity (Wildman–Crippen MR) is 112 cm³/mol. The third-order valence-electron chi connectivity index (χ3n) is 3.78. The van der Waals surface area contributed by atoms with E-state index in [9.17, 15) is 9.90 Å². The molecule has 5 nitrogen and oxygen atoms in total. The molecule has 0 spiro atoms. The number of halogens is 1. The maximum Gasteiger partial charge on any atom is 0.271 e. The van der Waals surface area contributed by atoms with Gasteiger partial charge in [-0.05, 0) is 73.6 Å². The van der Waals surface area contributed by atoms with Crippen molar-refractivity contribution in [3.05, 3.63) is 58.0 Å². The quantitative estimate of drug-likeness (QED) is 0.736. The summed E-state index contributed by atoms with van der Waals surface area (Å²) in [6, 6.07) is 12.1. The molecular weight excluding hydrogens is 384 g/mol. The zero-order valence-corrected chi connectivity index (χ0v) is 16.7. The molecule has 0 radical (unpaired) electrons. The summed E-state index contributed by atoms with van der Waals surface area (Å²) >= 11 is 7.28. The van der Waals surface area contributed by atoms with Crippen molar-refractivity contribution in [3.8, 4) is 11.5 Å². The molecule has 27 heavy (non-hydrogen) atoms. The minimum atomic E-state index is -0.159. The van der Waals surface area contributed by atoms with Gasteiger partial charge in [0.15, 0.2) is 5.17 Å². The highest BCUT2D eigenvalue weighted by molar-refractivity contribution is 8.19. The van der Waals surface area contributed by atoms with Crippen molar-refractivity contribution in [1.82, 2.24) is 0 Å². The summed E-state index contributed by atoms with van der Waals surface area (Å²) < 4.78 is 5.19. The lowest BCUT2D eigenvalue weighted by atomic mass is 10.2. The van der Waals surface area contributed by atoms with E-state index in [0.29, 0.717) is 10.1 Å². The first-order valence-electron chi connectivity index (χ1n) is 8.33. The summed E-state index contributed by atoms with van der Waals surface area (Å²) in [6.07, 6.45) is 1.75. The lowest BCUT2D eigenvalue weighted by Gasteiger charge is -2.16. The summed E-state index contributed by atoms with van der Waals surface area (Å²) in [6.45, 7) is 3.93. The molecule has 140 valence electrons. The fourth-order valence-corrected chi connectivity index (χ4v) is 3.81. The number of rotatable bonds is 4. The number of amides is 1. The van der Waals surface area contributed by atoms with Gasteiger partial charge in [-0.1, -0.05) is 17.7 Å². The van der Waals surface area contributed by atoms with Gasteiger partial charge in [0.1, 0.15) is 11.5 Å². The van der Waals surface area contributed by atoms with Gasteiger partial charge in [0.05, 0.1) is 22.7 Å². The minimum Gasteiger partial charge on any atom is -0.506 e. The number of methoxy groups -OCH3 is 1. The molecule has 7 heteroatoms. The molecule has 1 saturated heterocycles. The Morgan fingerprint density at radius 2 is 1.93 bits per heavy atom. The number of carbonyl (C=O) groups excluding carboxylic acids is 1. The Morgan fingerprint density at radius 3 is 2.52 bits per heavy atom. The molecule has 0 bridgehead atoms. The molecule has 1 amide bonds. The Labute approximate surface area is 167 Å². The summed E-state index contributed by atoms with van der Waals surface area (Å²) in [5.74, 6) is 0.565. The van der Waals surface area contributed by atoms with E-state index in [-0.39, 0.29) is 22.7 Å². The van der Waals surface area contributed by atoms with Crippen molar-refractivity contribution < 1.29 is 14.6 Å². The molecule has 1 fully saturated rings. The number of aliphatic imine (C=N–C) groups is 1. The Balaban J connectivity index is 2.00. The summed E-state index contributed by atoms with van der Waals surface area (Å²) in [4.78, 5) is 19.8. The van der Waals surface area contributed by atoms with E-state index in [1.807, 2.05) is 38.1 Å². The van der Waals surface area contributed by atoms with Crippen LogP contribution in [0.2, 0.25) is 5.02 Å². The zero-order valence-electron chi connectivity index (χ0n) is 15.1. The standard InChI is InChI=1S/C20H19ClN2O3S/c1-12(2)22-20-23(14-5-7-15(26-3)8-6-14)19(25)18(27-20)11-13-4-9-17(24)16(21)10-13/h4-12,24H,1-3H3/b18-11-,22-20?. The number of phenols is 1. The Bertz CT molecular complexity index is 923. The smallest absolute Gasteiger partial charge is 0.271 e. The maximum absolute atomic E-state index is 13.1. The SMILES string of the molecule is COc1ccc(N2C(=O)/C(=C/c3ccc(O)c(Cl)c3)SC2=NC(C)C)cc1.